The van der Waals surface area contributed by atoms with E-state index in [1.165, 1.54) is 284 Å². The minimum Gasteiger partial charge on any atom is -0.0622 e. The number of fused-ring (bicyclic) bond motifs is 9. The van der Waals surface area contributed by atoms with Crippen molar-refractivity contribution in [1.29, 1.82) is 0 Å². The Morgan fingerprint density at radius 2 is 0.402 bits per heavy atom. The molecule has 0 aliphatic heterocycles. The summed E-state index contributed by atoms with van der Waals surface area (Å²) in [6.45, 7) is 13.4. The minimum atomic E-state index is 0.159. The Hall–Kier alpha value is -14.0. The van der Waals surface area contributed by atoms with E-state index in [4.69, 9.17) is 0 Å². The molecule has 21 aromatic rings. The van der Waals surface area contributed by atoms with Crippen LogP contribution in [0.15, 0.2) is 400 Å². The van der Waals surface area contributed by atoms with Crippen LogP contribution in [-0.2, 0) is 5.41 Å². The lowest BCUT2D eigenvalue weighted by molar-refractivity contribution is 0.435. The minimum absolute atomic E-state index is 0.159. The topological polar surface area (TPSA) is 0 Å². The SMILES string of the molecule is CC(C)(C)c1ccc(-c2ccc3cc(-c4c5ccccc5c(-c5ccccc5)c5ccccc45)ccc3c2)cc1.Cc1cc(-c2ccc3cc(-c4c5ccccc5c(-c5ccccc5)c5ccccc45)ccc3c2)cc(C)c1C.c1ccc(-c2c3ccccc3c(-c3ccc4cc(-c5cc(C6CCCCC6)cc(C6CCCCC6)c5)ccc4c3)c3ccccc23)cc1. The molecule has 0 saturated heterocycles. The molecule has 127 heavy (non-hydrogen) atoms. The van der Waals surface area contributed by atoms with Crippen LogP contribution in [0.5, 0.6) is 0 Å². The van der Waals surface area contributed by atoms with Crippen LogP contribution >= 0.6 is 0 Å². The summed E-state index contributed by atoms with van der Waals surface area (Å²) in [5.74, 6) is 1.45. The van der Waals surface area contributed by atoms with E-state index in [0.29, 0.717) is 0 Å². The molecule has 2 saturated carbocycles. The Labute approximate surface area is 748 Å². The summed E-state index contributed by atoms with van der Waals surface area (Å²) in [5.41, 5.74) is 32.0. The second-order valence-electron chi connectivity index (χ2n) is 37.1. The molecule has 0 bridgehead atoms. The molecule has 23 rings (SSSR count). The van der Waals surface area contributed by atoms with E-state index in [2.05, 4.69) is 442 Å². The van der Waals surface area contributed by atoms with Gasteiger partial charge in [0, 0.05) is 0 Å². The molecular weight excluding hydrogens is 1530 g/mol. The van der Waals surface area contributed by atoms with Crippen LogP contribution in [0.2, 0.25) is 0 Å². The highest BCUT2D eigenvalue weighted by molar-refractivity contribution is 6.25. The molecule has 2 aliphatic carbocycles. The highest BCUT2D eigenvalue weighted by Gasteiger charge is 2.25. The van der Waals surface area contributed by atoms with E-state index in [9.17, 15) is 0 Å². The number of rotatable bonds is 11. The van der Waals surface area contributed by atoms with Crippen molar-refractivity contribution < 1.29 is 0 Å². The maximum atomic E-state index is 2.61. The summed E-state index contributed by atoms with van der Waals surface area (Å²) in [4.78, 5) is 0. The van der Waals surface area contributed by atoms with Gasteiger partial charge in [0.15, 0.2) is 0 Å². The van der Waals surface area contributed by atoms with Gasteiger partial charge in [-0.05, 0) is 331 Å². The predicted molar refractivity (Wildman–Crippen MR) is 550 cm³/mol. The van der Waals surface area contributed by atoms with E-state index >= 15 is 0 Å². The van der Waals surface area contributed by atoms with Crippen molar-refractivity contribution in [1.82, 2.24) is 0 Å². The third kappa shape index (κ3) is 15.7. The van der Waals surface area contributed by atoms with Crippen LogP contribution in [0.1, 0.15) is 130 Å². The highest BCUT2D eigenvalue weighted by atomic mass is 14.3. The van der Waals surface area contributed by atoms with Gasteiger partial charge >= 0.3 is 0 Å². The Morgan fingerprint density at radius 1 is 0.181 bits per heavy atom. The molecule has 0 nitrogen and oxygen atoms in total. The van der Waals surface area contributed by atoms with E-state index in [1.54, 1.807) is 11.1 Å². The van der Waals surface area contributed by atoms with Gasteiger partial charge in [0.2, 0.25) is 0 Å². The zero-order valence-corrected chi connectivity index (χ0v) is 73.8. The van der Waals surface area contributed by atoms with Crippen molar-refractivity contribution in [2.24, 2.45) is 0 Å². The standard InChI is InChI=1S/C48H44.C40H32.C39H30/c1-4-14-33(15-5-1)40-30-41(34-16-6-2-7-17-34)32-42(31-40)38-25-24-37-29-39(27-26-36(37)28-38)48-45-22-12-10-20-43(45)47(35-18-8-3-9-19-35)44-21-11-13-23-46(44)48;1-40(2,3)33-23-21-27(22-24-33)29-17-18-31-26-32(20-19-30(31)25-29)39-36-15-9-7-13-34(36)38(28-11-5-4-6-12-28)35-14-8-10-16-37(35)39;1-25-21-33(22-26(2)27(25)3)31-18-17-30-24-32(20-19-29(30)23-31)39-36-15-9-7-13-34(36)38(28-11-5-4-6-12-28)35-14-8-10-16-37(35)39/h3,8-13,18-34H,1-2,4-7,14-17H2;4-26H,1-3H3;4-24H,1-3H3. The van der Waals surface area contributed by atoms with E-state index in [-0.39, 0.29) is 5.41 Å². The molecule has 0 amide bonds. The van der Waals surface area contributed by atoms with Crippen molar-refractivity contribution in [2.75, 3.05) is 0 Å². The Morgan fingerprint density at radius 3 is 0.669 bits per heavy atom. The fourth-order valence-corrected chi connectivity index (χ4v) is 21.4. The van der Waals surface area contributed by atoms with Crippen molar-refractivity contribution in [3.05, 3.63) is 434 Å². The first kappa shape index (κ1) is 80.1. The summed E-state index contributed by atoms with van der Waals surface area (Å²) in [5, 5.41) is 23.2. The lowest BCUT2D eigenvalue weighted by Gasteiger charge is -2.27. The number of hydrogen-bond donors (Lipinski definition) is 0. The van der Waals surface area contributed by atoms with Crippen molar-refractivity contribution >= 4 is 97.0 Å². The monoisotopic (exact) mass is 1630 g/mol. The third-order valence-electron chi connectivity index (χ3n) is 28.2. The van der Waals surface area contributed by atoms with Gasteiger partial charge in [-0.3, -0.25) is 0 Å². The van der Waals surface area contributed by atoms with Crippen LogP contribution < -0.4 is 0 Å². The van der Waals surface area contributed by atoms with Gasteiger partial charge in [-0.15, -0.1) is 0 Å². The number of aryl methyl sites for hydroxylation is 2. The van der Waals surface area contributed by atoms with Crippen molar-refractivity contribution in [3.63, 3.8) is 0 Å². The van der Waals surface area contributed by atoms with Gasteiger partial charge in [0.25, 0.3) is 0 Å². The highest BCUT2D eigenvalue weighted by Crippen LogP contribution is 2.50. The van der Waals surface area contributed by atoms with Gasteiger partial charge in [-0.25, -0.2) is 0 Å². The molecule has 0 radical (unpaired) electrons. The zero-order chi connectivity index (χ0) is 85.6. The molecule has 0 spiro atoms. The summed E-state index contributed by atoms with van der Waals surface area (Å²) in [6, 6.07) is 149. The second kappa shape index (κ2) is 34.5. The largest absolute Gasteiger partial charge is 0.0622 e. The summed E-state index contributed by atoms with van der Waals surface area (Å²) >= 11 is 0. The predicted octanol–water partition coefficient (Wildman–Crippen LogP) is 36.8. The fraction of sp³-hybridized carbons (Fsp3) is 0.150. The first-order valence-electron chi connectivity index (χ1n) is 46.3. The zero-order valence-electron chi connectivity index (χ0n) is 73.8. The Bertz CT molecular complexity index is 7510. The van der Waals surface area contributed by atoms with Crippen LogP contribution in [0.4, 0.5) is 0 Å². The average Bonchev–Trinajstić information content (AvgIpc) is 0.740. The van der Waals surface area contributed by atoms with Gasteiger partial charge in [0.05, 0.1) is 0 Å². The Kier molecular flexibility index (Phi) is 21.7. The summed E-state index contributed by atoms with van der Waals surface area (Å²) in [7, 11) is 0. The average molecular weight is 1630 g/mol. The molecule has 0 atom stereocenters. The maximum absolute atomic E-state index is 2.61. The quantitative estimate of drug-likeness (QED) is 0.113. The van der Waals surface area contributed by atoms with E-state index < -0.39 is 0 Å². The van der Waals surface area contributed by atoms with Crippen LogP contribution in [0.3, 0.4) is 0 Å². The summed E-state index contributed by atoms with van der Waals surface area (Å²) in [6.07, 6.45) is 13.7. The normalized spacial score (nSPS) is 13.4. The molecule has 21 aromatic carbocycles. The van der Waals surface area contributed by atoms with Gasteiger partial charge in [0.1, 0.15) is 0 Å². The van der Waals surface area contributed by atoms with Crippen LogP contribution in [0.25, 0.3) is 197 Å². The lowest BCUT2D eigenvalue weighted by atomic mass is 9.78. The lowest BCUT2D eigenvalue weighted by Crippen LogP contribution is -2.10. The molecule has 0 unspecified atom stereocenters. The molecular formula is C127H106. The Balaban J connectivity index is 0.000000117. The first-order chi connectivity index (χ1) is 62.3. The van der Waals surface area contributed by atoms with Crippen molar-refractivity contribution in [3.8, 4) is 100 Å². The molecule has 0 heterocycles. The van der Waals surface area contributed by atoms with Crippen molar-refractivity contribution in [2.45, 2.75) is 123 Å². The van der Waals surface area contributed by atoms with Crippen LogP contribution in [0, 0.1) is 20.8 Å². The molecule has 2 fully saturated rings. The molecule has 614 valence electrons. The van der Waals surface area contributed by atoms with E-state index in [1.807, 2.05) is 0 Å². The maximum Gasteiger partial charge on any atom is -0.00262 e. The molecule has 0 aromatic heterocycles. The third-order valence-corrected chi connectivity index (χ3v) is 28.2. The first-order valence-corrected chi connectivity index (χ1v) is 46.3. The summed E-state index contributed by atoms with van der Waals surface area (Å²) < 4.78 is 0. The van der Waals surface area contributed by atoms with Gasteiger partial charge in [-0.1, -0.05) is 423 Å². The van der Waals surface area contributed by atoms with Gasteiger partial charge < -0.3 is 0 Å². The fourth-order valence-electron chi connectivity index (χ4n) is 21.4. The van der Waals surface area contributed by atoms with E-state index in [0.717, 1.165) is 11.8 Å². The second-order valence-corrected chi connectivity index (χ2v) is 37.1. The van der Waals surface area contributed by atoms with Crippen LogP contribution in [-0.4, -0.2) is 0 Å². The molecule has 0 N–H and O–H groups in total. The number of benzene rings is 21. The number of hydrogen-bond acceptors (Lipinski definition) is 0. The molecule has 0 heteroatoms. The smallest absolute Gasteiger partial charge is 0.00262 e. The molecule has 2 aliphatic rings. The van der Waals surface area contributed by atoms with Gasteiger partial charge in [-0.2, -0.15) is 0 Å².